The second kappa shape index (κ2) is 8.95. The molecule has 2 aromatic carbocycles. The van der Waals surface area contributed by atoms with Gasteiger partial charge in [0.1, 0.15) is 4.21 Å². The fraction of sp³-hybridized carbons (Fsp3) is 0.208. The molecule has 0 radical (unpaired) electrons. The number of carbonyl (C=O) groups is 2. The van der Waals surface area contributed by atoms with Crippen LogP contribution >= 0.6 is 11.3 Å². The molecular formula is C24H21N3O7S2. The van der Waals surface area contributed by atoms with E-state index in [9.17, 15) is 33.2 Å². The first-order chi connectivity index (χ1) is 16.9. The summed E-state index contributed by atoms with van der Waals surface area (Å²) < 4.78 is 25.9. The summed E-state index contributed by atoms with van der Waals surface area (Å²) in [6.07, 6.45) is 1.47. The van der Waals surface area contributed by atoms with Gasteiger partial charge in [0, 0.05) is 12.1 Å². The molecule has 4 rings (SSSR count). The van der Waals surface area contributed by atoms with Crippen molar-refractivity contribution in [2.45, 2.75) is 41.3 Å². The van der Waals surface area contributed by atoms with Crippen LogP contribution in [0.15, 0.2) is 75.2 Å². The minimum Gasteiger partial charge on any atom is -0.503 e. The van der Waals surface area contributed by atoms with Crippen LogP contribution in [0.25, 0.3) is 0 Å². The van der Waals surface area contributed by atoms with Crippen molar-refractivity contribution in [3.8, 4) is 0 Å². The van der Waals surface area contributed by atoms with Gasteiger partial charge in [0.2, 0.25) is 9.84 Å². The van der Waals surface area contributed by atoms with Crippen molar-refractivity contribution >= 4 is 44.2 Å². The third-order valence-electron chi connectivity index (χ3n) is 5.77. The number of nitro groups is 1. The average Bonchev–Trinajstić information content (AvgIpc) is 3.42. The van der Waals surface area contributed by atoms with Crippen molar-refractivity contribution in [3.05, 3.63) is 87.3 Å². The van der Waals surface area contributed by atoms with E-state index in [-0.39, 0.29) is 30.9 Å². The van der Waals surface area contributed by atoms with E-state index >= 15 is 0 Å². The van der Waals surface area contributed by atoms with Crippen LogP contribution in [0.1, 0.15) is 37.9 Å². The molecule has 10 nitrogen and oxygen atoms in total. The van der Waals surface area contributed by atoms with E-state index in [0.29, 0.717) is 23.2 Å². The molecule has 36 heavy (non-hydrogen) atoms. The molecule has 0 saturated heterocycles. The maximum Gasteiger partial charge on any atom is 0.296 e. The Labute approximate surface area is 210 Å². The number of aromatic nitrogens is 1. The molecule has 0 fully saturated rings. The van der Waals surface area contributed by atoms with Gasteiger partial charge >= 0.3 is 0 Å². The highest BCUT2D eigenvalue weighted by molar-refractivity contribution is 7.93. The van der Waals surface area contributed by atoms with Gasteiger partial charge in [-0.3, -0.25) is 24.6 Å². The molecule has 3 aromatic rings. The Morgan fingerprint density at radius 2 is 1.72 bits per heavy atom. The van der Waals surface area contributed by atoms with Crippen LogP contribution in [0, 0.1) is 10.1 Å². The summed E-state index contributed by atoms with van der Waals surface area (Å²) in [6.45, 7) is 6.12. The number of hydrogen-bond donors (Lipinski definition) is 1. The summed E-state index contributed by atoms with van der Waals surface area (Å²) in [4.78, 5) is 40.0. The summed E-state index contributed by atoms with van der Waals surface area (Å²) in [7, 11) is -4.09. The molecular weight excluding hydrogens is 506 g/mol. The zero-order chi connectivity index (χ0) is 26.4. The lowest BCUT2D eigenvalue weighted by Crippen LogP contribution is -2.30. The van der Waals surface area contributed by atoms with Crippen molar-refractivity contribution < 1.29 is 28.0 Å². The van der Waals surface area contributed by atoms with Gasteiger partial charge in [-0.2, -0.15) is 0 Å². The van der Waals surface area contributed by atoms with Gasteiger partial charge in [0.15, 0.2) is 17.2 Å². The number of anilines is 1. The largest absolute Gasteiger partial charge is 0.503 e. The predicted octanol–water partition coefficient (Wildman–Crippen LogP) is 4.28. The highest BCUT2D eigenvalue weighted by atomic mass is 32.2. The Hall–Kier alpha value is -3.90. The third kappa shape index (κ3) is 4.29. The summed E-state index contributed by atoms with van der Waals surface area (Å²) in [5.41, 5.74) is 1.01. The number of amides is 1. The number of non-ortho nitro benzene ring substituents is 1. The van der Waals surface area contributed by atoms with Crippen LogP contribution in [-0.2, 0) is 24.8 Å². The number of sulfone groups is 1. The molecule has 186 valence electrons. The average molecular weight is 528 g/mol. The molecule has 0 bridgehead atoms. The number of aldehydes is 1. The number of rotatable bonds is 6. The lowest BCUT2D eigenvalue weighted by atomic mass is 9.86. The number of nitro benzene ring substituents is 1. The lowest BCUT2D eigenvalue weighted by Gasteiger charge is -2.25. The van der Waals surface area contributed by atoms with Crippen LogP contribution in [0.3, 0.4) is 0 Å². The molecule has 1 atom stereocenters. The minimum atomic E-state index is -4.09. The van der Waals surface area contributed by atoms with Gasteiger partial charge in [-0.15, -0.1) is 0 Å². The lowest BCUT2D eigenvalue weighted by molar-refractivity contribution is -0.384. The Morgan fingerprint density at radius 1 is 1.11 bits per heavy atom. The predicted molar refractivity (Wildman–Crippen MR) is 132 cm³/mol. The molecule has 2 heterocycles. The Bertz CT molecular complexity index is 1500. The van der Waals surface area contributed by atoms with Crippen molar-refractivity contribution in [3.63, 3.8) is 0 Å². The van der Waals surface area contributed by atoms with Crippen molar-refractivity contribution in [2.24, 2.45) is 0 Å². The molecule has 0 saturated carbocycles. The highest BCUT2D eigenvalue weighted by Crippen LogP contribution is 2.42. The number of aliphatic hydroxyl groups is 1. The molecule has 0 aliphatic carbocycles. The standard InChI is InChI=1S/C24H21N3O7S2/c1-24(2,3)15-6-4-14(5-7-15)20-18(13-28)21(29)22(30)26(20)23-25-12-19(35-23)36(33,34)17-10-8-16(9-11-17)27(31)32/h4-13,20,29H,1-3H3. The van der Waals surface area contributed by atoms with Crippen molar-refractivity contribution in [2.75, 3.05) is 4.90 Å². The number of benzene rings is 2. The van der Waals surface area contributed by atoms with E-state index < -0.39 is 32.5 Å². The Balaban J connectivity index is 1.74. The quantitative estimate of drug-likeness (QED) is 0.284. The first kappa shape index (κ1) is 25.2. The second-order valence-corrected chi connectivity index (χ2v) is 12.3. The van der Waals surface area contributed by atoms with Crippen molar-refractivity contribution in [1.82, 2.24) is 4.98 Å². The Morgan fingerprint density at radius 3 is 2.25 bits per heavy atom. The fourth-order valence-corrected chi connectivity index (χ4v) is 6.33. The third-order valence-corrected chi connectivity index (χ3v) is 9.00. The molecule has 12 heteroatoms. The van der Waals surface area contributed by atoms with Crippen LogP contribution < -0.4 is 4.90 Å². The van der Waals surface area contributed by atoms with E-state index in [2.05, 4.69) is 4.98 Å². The highest BCUT2D eigenvalue weighted by Gasteiger charge is 2.43. The molecule has 1 aliphatic rings. The summed E-state index contributed by atoms with van der Waals surface area (Å²) >= 11 is 0.685. The minimum absolute atomic E-state index is 0.0335. The topological polar surface area (TPSA) is 148 Å². The van der Waals surface area contributed by atoms with E-state index in [4.69, 9.17) is 0 Å². The van der Waals surface area contributed by atoms with Gasteiger partial charge in [-0.05, 0) is 28.7 Å². The number of aliphatic hydroxyl groups excluding tert-OH is 1. The zero-order valence-electron chi connectivity index (χ0n) is 19.4. The van der Waals surface area contributed by atoms with Crippen molar-refractivity contribution in [1.29, 1.82) is 0 Å². The summed E-state index contributed by atoms with van der Waals surface area (Å²) in [5.74, 6) is -1.61. The van der Waals surface area contributed by atoms with Gasteiger partial charge in [0.05, 0.1) is 27.6 Å². The summed E-state index contributed by atoms with van der Waals surface area (Å²) in [5, 5.41) is 21.2. The van der Waals surface area contributed by atoms with Gasteiger partial charge in [0.25, 0.3) is 11.6 Å². The van der Waals surface area contributed by atoms with Crippen LogP contribution in [0.2, 0.25) is 0 Å². The SMILES string of the molecule is CC(C)(C)c1ccc(C2C(C=O)=C(O)C(=O)N2c2ncc(S(=O)(=O)c3ccc([N+](=O)[O-])cc3)s2)cc1. The normalized spacial score (nSPS) is 16.5. The van der Waals surface area contributed by atoms with Gasteiger partial charge < -0.3 is 5.11 Å². The molecule has 1 aliphatic heterocycles. The number of hydrogen-bond acceptors (Lipinski definition) is 9. The van der Waals surface area contributed by atoms with E-state index in [0.717, 1.165) is 40.9 Å². The number of thiazole rings is 1. The summed E-state index contributed by atoms with van der Waals surface area (Å²) in [6, 6.07) is 10.6. The first-order valence-corrected chi connectivity index (χ1v) is 12.9. The molecule has 0 spiro atoms. The van der Waals surface area contributed by atoms with Gasteiger partial charge in [-0.25, -0.2) is 13.4 Å². The van der Waals surface area contributed by atoms with Crippen LogP contribution in [0.5, 0.6) is 0 Å². The second-order valence-electron chi connectivity index (χ2n) is 9.09. The zero-order valence-corrected chi connectivity index (χ0v) is 21.0. The molecule has 1 aromatic heterocycles. The monoisotopic (exact) mass is 527 g/mol. The number of carbonyl (C=O) groups excluding carboxylic acids is 2. The van der Waals surface area contributed by atoms with Gasteiger partial charge in [-0.1, -0.05) is 56.4 Å². The molecule has 1 N–H and O–H groups in total. The first-order valence-electron chi connectivity index (χ1n) is 10.6. The number of nitrogens with zero attached hydrogens (tertiary/aromatic N) is 3. The molecule has 1 unspecified atom stereocenters. The maximum atomic E-state index is 13.1. The van der Waals surface area contributed by atoms with E-state index in [1.54, 1.807) is 12.1 Å². The Kier molecular flexibility index (Phi) is 6.27. The fourth-order valence-electron chi connectivity index (χ4n) is 3.78. The van der Waals surface area contributed by atoms with Crippen LogP contribution in [0.4, 0.5) is 10.8 Å². The van der Waals surface area contributed by atoms with Crippen LogP contribution in [-0.4, -0.2) is 35.6 Å². The van der Waals surface area contributed by atoms with E-state index in [1.807, 2.05) is 32.9 Å². The maximum absolute atomic E-state index is 13.1. The molecule has 1 amide bonds. The van der Waals surface area contributed by atoms with E-state index in [1.165, 1.54) is 0 Å². The smallest absolute Gasteiger partial charge is 0.296 e.